The zero-order valence-electron chi connectivity index (χ0n) is 20.9. The van der Waals surface area contributed by atoms with Crippen LogP contribution in [0.4, 0.5) is 35.1 Å². The number of anilines is 3. The van der Waals surface area contributed by atoms with E-state index in [2.05, 4.69) is 11.9 Å². The summed E-state index contributed by atoms with van der Waals surface area (Å²) in [7, 11) is 0. The number of aliphatic hydroxyl groups excluding tert-OH is 1. The molecule has 1 fully saturated rings. The van der Waals surface area contributed by atoms with E-state index < -0.39 is 17.6 Å². The fraction of sp³-hybridized carbons (Fsp3) is 0.423. The summed E-state index contributed by atoms with van der Waals surface area (Å²) in [5.41, 5.74) is 0.365. The summed E-state index contributed by atoms with van der Waals surface area (Å²) in [5.74, 6) is 0.366. The average Bonchev–Trinajstić information content (AvgIpc) is 2.92. The zero-order valence-corrected chi connectivity index (χ0v) is 21.7. The first-order valence-corrected chi connectivity index (χ1v) is 12.8. The number of rotatable bonds is 9. The topological polar surface area (TPSA) is 68.6 Å². The van der Waals surface area contributed by atoms with Crippen molar-refractivity contribution in [1.29, 1.82) is 0 Å². The standard InChI is InChI=1S/C26H29ClF4N6O/c1-2-3-9-37(14-15-38)25-33-22(18-6-7-21(28)20(27)16-18)17-23(34-25)35-10-12-36(13-11-35)24-19(26(29,30)31)5-4-8-32-24/h4-8,16-17,38H,2-3,9-15H2,1H3. The number of benzene rings is 1. The number of alkyl halides is 3. The van der Waals surface area contributed by atoms with Crippen molar-refractivity contribution >= 4 is 29.2 Å². The quantitative estimate of drug-likeness (QED) is 0.362. The third-order valence-electron chi connectivity index (χ3n) is 6.35. The van der Waals surface area contributed by atoms with Crippen LogP contribution in [-0.2, 0) is 6.18 Å². The molecule has 38 heavy (non-hydrogen) atoms. The summed E-state index contributed by atoms with van der Waals surface area (Å²) in [6.07, 6.45) is -1.32. The van der Waals surface area contributed by atoms with E-state index in [4.69, 9.17) is 21.6 Å². The molecule has 2 aromatic heterocycles. The zero-order chi connectivity index (χ0) is 27.3. The second-order valence-electron chi connectivity index (χ2n) is 8.95. The molecule has 7 nitrogen and oxygen atoms in total. The van der Waals surface area contributed by atoms with Crippen molar-refractivity contribution in [3.63, 3.8) is 0 Å². The van der Waals surface area contributed by atoms with E-state index in [0.29, 0.717) is 62.3 Å². The van der Waals surface area contributed by atoms with Gasteiger partial charge in [-0.2, -0.15) is 18.2 Å². The van der Waals surface area contributed by atoms with Gasteiger partial charge >= 0.3 is 6.18 Å². The molecular weight excluding hydrogens is 524 g/mol. The van der Waals surface area contributed by atoms with Crippen LogP contribution < -0.4 is 14.7 Å². The number of aromatic nitrogens is 3. The highest BCUT2D eigenvalue weighted by molar-refractivity contribution is 6.31. The predicted molar refractivity (Wildman–Crippen MR) is 140 cm³/mol. The van der Waals surface area contributed by atoms with Gasteiger partial charge in [0.25, 0.3) is 0 Å². The van der Waals surface area contributed by atoms with Gasteiger partial charge in [0.1, 0.15) is 17.5 Å². The second-order valence-corrected chi connectivity index (χ2v) is 9.36. The number of unbranched alkanes of at least 4 members (excludes halogenated alkanes) is 1. The smallest absolute Gasteiger partial charge is 0.395 e. The molecule has 1 aromatic carbocycles. The van der Waals surface area contributed by atoms with Crippen molar-refractivity contribution in [2.75, 3.05) is 60.6 Å². The van der Waals surface area contributed by atoms with Crippen LogP contribution in [0.2, 0.25) is 5.02 Å². The number of nitrogens with zero attached hydrogens (tertiary/aromatic N) is 6. The highest BCUT2D eigenvalue weighted by Gasteiger charge is 2.36. The molecule has 3 aromatic rings. The normalized spacial score (nSPS) is 14.2. The van der Waals surface area contributed by atoms with Crippen LogP contribution in [0.5, 0.6) is 0 Å². The van der Waals surface area contributed by atoms with E-state index in [1.54, 1.807) is 17.0 Å². The number of pyridine rings is 1. The van der Waals surface area contributed by atoms with Gasteiger partial charge < -0.3 is 19.8 Å². The number of halogens is 5. The first-order valence-electron chi connectivity index (χ1n) is 12.4. The molecule has 0 aliphatic carbocycles. The Kier molecular flexibility index (Phi) is 8.88. The van der Waals surface area contributed by atoms with Crippen molar-refractivity contribution in [3.05, 3.63) is 59.0 Å². The van der Waals surface area contributed by atoms with Crippen LogP contribution in [0.25, 0.3) is 11.3 Å². The molecule has 204 valence electrons. The Morgan fingerprint density at radius 2 is 1.76 bits per heavy atom. The van der Waals surface area contributed by atoms with Gasteiger partial charge in [-0.05, 0) is 36.8 Å². The van der Waals surface area contributed by atoms with E-state index >= 15 is 0 Å². The average molecular weight is 553 g/mol. The Morgan fingerprint density at radius 1 is 1.03 bits per heavy atom. The van der Waals surface area contributed by atoms with Gasteiger partial charge in [-0.1, -0.05) is 24.9 Å². The molecule has 0 unspecified atom stereocenters. The Hall–Kier alpha value is -3.18. The van der Waals surface area contributed by atoms with Crippen LogP contribution in [0, 0.1) is 5.82 Å². The lowest BCUT2D eigenvalue weighted by molar-refractivity contribution is -0.137. The molecule has 3 heterocycles. The summed E-state index contributed by atoms with van der Waals surface area (Å²) in [6.45, 7) is 4.38. The molecule has 1 saturated heterocycles. The van der Waals surface area contributed by atoms with Crippen molar-refractivity contribution in [2.24, 2.45) is 0 Å². The molecule has 0 bridgehead atoms. The van der Waals surface area contributed by atoms with Crippen LogP contribution in [0.15, 0.2) is 42.6 Å². The van der Waals surface area contributed by atoms with Crippen LogP contribution in [0.1, 0.15) is 25.3 Å². The Morgan fingerprint density at radius 3 is 2.42 bits per heavy atom. The van der Waals surface area contributed by atoms with Gasteiger partial charge in [0.2, 0.25) is 5.95 Å². The minimum atomic E-state index is -4.50. The van der Waals surface area contributed by atoms with E-state index in [1.165, 1.54) is 24.4 Å². The van der Waals surface area contributed by atoms with Crippen LogP contribution in [0.3, 0.4) is 0 Å². The monoisotopic (exact) mass is 552 g/mol. The maximum Gasteiger partial charge on any atom is 0.419 e. The summed E-state index contributed by atoms with van der Waals surface area (Å²) in [4.78, 5) is 19.0. The summed E-state index contributed by atoms with van der Waals surface area (Å²) >= 11 is 6.03. The Balaban J connectivity index is 1.65. The molecule has 0 radical (unpaired) electrons. The largest absolute Gasteiger partial charge is 0.419 e. The van der Waals surface area contributed by atoms with Crippen molar-refractivity contribution in [2.45, 2.75) is 25.9 Å². The molecule has 1 aliphatic heterocycles. The molecule has 12 heteroatoms. The first-order chi connectivity index (χ1) is 18.2. The molecule has 0 saturated carbocycles. The SMILES string of the molecule is CCCCN(CCO)c1nc(-c2ccc(F)c(Cl)c2)cc(N2CCN(c3ncccc3C(F)(F)F)CC2)n1. The molecule has 1 N–H and O–H groups in total. The van der Waals surface area contributed by atoms with Gasteiger partial charge in [-0.25, -0.2) is 14.4 Å². The molecule has 4 rings (SSSR count). The lowest BCUT2D eigenvalue weighted by Gasteiger charge is -2.37. The van der Waals surface area contributed by atoms with Gasteiger partial charge in [0.05, 0.1) is 22.9 Å². The van der Waals surface area contributed by atoms with Gasteiger partial charge in [-0.3, -0.25) is 0 Å². The lowest BCUT2D eigenvalue weighted by atomic mass is 10.1. The Bertz CT molecular complexity index is 1240. The third kappa shape index (κ3) is 6.44. The summed E-state index contributed by atoms with van der Waals surface area (Å²) in [6, 6.07) is 8.43. The minimum absolute atomic E-state index is 0.0353. The number of hydrogen-bond acceptors (Lipinski definition) is 7. The molecular formula is C26H29ClF4N6O. The number of hydrogen-bond donors (Lipinski definition) is 1. The van der Waals surface area contributed by atoms with Gasteiger partial charge in [0.15, 0.2) is 0 Å². The fourth-order valence-corrected chi connectivity index (χ4v) is 4.51. The fourth-order valence-electron chi connectivity index (χ4n) is 4.33. The van der Waals surface area contributed by atoms with Crippen LogP contribution >= 0.6 is 11.6 Å². The number of piperazine rings is 1. The lowest BCUT2D eigenvalue weighted by Crippen LogP contribution is -2.47. The van der Waals surface area contributed by atoms with Gasteiger partial charge in [-0.15, -0.1) is 0 Å². The van der Waals surface area contributed by atoms with Crippen molar-refractivity contribution < 1.29 is 22.7 Å². The van der Waals surface area contributed by atoms with Crippen molar-refractivity contribution in [3.8, 4) is 11.3 Å². The van der Waals surface area contributed by atoms with Crippen LogP contribution in [-0.4, -0.2) is 65.9 Å². The molecule has 0 atom stereocenters. The number of aliphatic hydroxyl groups is 1. The molecule has 0 amide bonds. The van der Waals surface area contributed by atoms with Crippen molar-refractivity contribution in [1.82, 2.24) is 15.0 Å². The maximum atomic E-state index is 13.8. The molecule has 0 spiro atoms. The highest BCUT2D eigenvalue weighted by Crippen LogP contribution is 2.36. The van der Waals surface area contributed by atoms with E-state index in [9.17, 15) is 22.7 Å². The van der Waals surface area contributed by atoms with E-state index in [0.717, 1.165) is 18.9 Å². The minimum Gasteiger partial charge on any atom is -0.395 e. The highest BCUT2D eigenvalue weighted by atomic mass is 35.5. The second kappa shape index (κ2) is 12.1. The third-order valence-corrected chi connectivity index (χ3v) is 6.64. The molecule has 1 aliphatic rings. The van der Waals surface area contributed by atoms with E-state index in [1.807, 2.05) is 9.80 Å². The van der Waals surface area contributed by atoms with E-state index in [-0.39, 0.29) is 17.4 Å². The summed E-state index contributed by atoms with van der Waals surface area (Å²) < 4.78 is 54.4. The summed E-state index contributed by atoms with van der Waals surface area (Å²) in [5, 5.41) is 9.59. The Labute approximate surface area is 223 Å². The maximum absolute atomic E-state index is 13.8. The predicted octanol–water partition coefficient (Wildman–Crippen LogP) is 5.28. The first kappa shape index (κ1) is 27.8. The van der Waals surface area contributed by atoms with Gasteiger partial charge in [0, 0.05) is 57.1 Å².